The highest BCUT2D eigenvalue weighted by molar-refractivity contribution is 6.05. The topological polar surface area (TPSA) is 269 Å². The standard InChI is InChI=1S/C5H4N4.C4H6N4O3.C4H10O2.C3H8O3/c1-4-5(8-2-6-1)9-3-7-4;5-3(10)6-1-2(9)8-4(11)7-1;1-4(6)2-3-5;4-1-3(6)2-5/h1-3H,(H,6,7,8,9);1H,(H3,5,6,10)(H2,7,8,9,11);4-6H,2-3H2,1H3;3-6H,1-2H2. The van der Waals surface area contributed by atoms with E-state index in [2.05, 4.69) is 25.3 Å². The lowest BCUT2D eigenvalue weighted by Gasteiger charge is -2.05. The van der Waals surface area contributed by atoms with Crippen LogP contribution in [0.3, 0.4) is 0 Å². The van der Waals surface area contributed by atoms with Gasteiger partial charge in [-0.3, -0.25) is 10.1 Å². The average Bonchev–Trinajstić information content (AvgIpc) is 3.34. The number of aromatic nitrogens is 4. The Morgan fingerprint density at radius 1 is 1.22 bits per heavy atom. The summed E-state index contributed by atoms with van der Waals surface area (Å²) < 4.78 is 0. The number of imidazole rings is 1. The number of hydrogen-bond donors (Lipinski definition) is 10. The first-order valence-electron chi connectivity index (χ1n) is 9.09. The van der Waals surface area contributed by atoms with E-state index in [1.165, 1.54) is 6.33 Å². The third kappa shape index (κ3) is 13.0. The maximum atomic E-state index is 10.7. The molecule has 180 valence electrons. The molecular weight excluding hydrogens is 432 g/mol. The van der Waals surface area contributed by atoms with E-state index in [-0.39, 0.29) is 25.9 Å². The normalized spacial score (nSPS) is 15.2. The summed E-state index contributed by atoms with van der Waals surface area (Å²) in [5, 5.41) is 46.5. The predicted octanol–water partition coefficient (Wildman–Crippen LogP) is -3.75. The number of amides is 5. The summed E-state index contributed by atoms with van der Waals surface area (Å²) in [5.74, 6) is -0.617. The van der Waals surface area contributed by atoms with Crippen LogP contribution in [0.4, 0.5) is 9.59 Å². The van der Waals surface area contributed by atoms with Gasteiger partial charge in [-0.15, -0.1) is 0 Å². The third-order valence-electron chi connectivity index (χ3n) is 3.13. The van der Waals surface area contributed by atoms with Gasteiger partial charge < -0.3 is 46.9 Å². The predicted molar refractivity (Wildman–Crippen MR) is 108 cm³/mol. The summed E-state index contributed by atoms with van der Waals surface area (Å²) in [6.45, 7) is 1.00. The van der Waals surface area contributed by atoms with Gasteiger partial charge >= 0.3 is 12.1 Å². The molecule has 3 rings (SSSR count). The minimum Gasteiger partial charge on any atom is -0.396 e. The van der Waals surface area contributed by atoms with Crippen LogP contribution in [0.1, 0.15) is 13.3 Å². The molecule has 16 heteroatoms. The van der Waals surface area contributed by atoms with Crippen LogP contribution in [-0.2, 0) is 4.79 Å². The molecule has 16 nitrogen and oxygen atoms in total. The number of primary amides is 1. The maximum absolute atomic E-state index is 10.7. The van der Waals surface area contributed by atoms with Gasteiger partial charge in [0.2, 0.25) is 0 Å². The third-order valence-corrected chi connectivity index (χ3v) is 3.13. The summed E-state index contributed by atoms with van der Waals surface area (Å²) >= 11 is 0. The van der Waals surface area contributed by atoms with Gasteiger partial charge in [0.05, 0.1) is 31.8 Å². The smallest absolute Gasteiger partial charge is 0.323 e. The largest absolute Gasteiger partial charge is 0.396 e. The molecule has 2 unspecified atom stereocenters. The SMILES string of the molecule is CC(O)CCO.NC(=O)NC1NC(=O)NC1=O.OCC(O)CO.c1ncc2[nH]cnc2n1. The quantitative estimate of drug-likeness (QED) is 0.194. The first kappa shape index (κ1) is 28.6. The molecule has 0 bridgehead atoms. The molecule has 5 amide bonds. The Labute approximate surface area is 181 Å². The molecule has 2 aromatic rings. The fourth-order valence-electron chi connectivity index (χ4n) is 1.60. The minimum atomic E-state index is -1.04. The number of aliphatic hydroxyl groups is 5. The fraction of sp³-hybridized carbons (Fsp3) is 0.500. The summed E-state index contributed by atoms with van der Waals surface area (Å²) in [6, 6.07) is -1.51. The number of nitrogens with one attached hydrogen (secondary N) is 4. The number of hydrogen-bond acceptors (Lipinski definition) is 11. The van der Waals surface area contributed by atoms with Crippen LogP contribution in [0.2, 0.25) is 0 Å². The first-order valence-corrected chi connectivity index (χ1v) is 9.09. The van der Waals surface area contributed by atoms with Crippen LogP contribution in [0.25, 0.3) is 11.2 Å². The molecule has 11 N–H and O–H groups in total. The van der Waals surface area contributed by atoms with E-state index in [0.29, 0.717) is 12.1 Å². The summed E-state index contributed by atoms with van der Waals surface area (Å²) in [5.41, 5.74) is 6.28. The van der Waals surface area contributed by atoms with E-state index in [0.717, 1.165) is 5.52 Å². The van der Waals surface area contributed by atoms with E-state index in [4.69, 9.17) is 31.3 Å². The number of H-pyrrole nitrogens is 1. The van der Waals surface area contributed by atoms with Crippen molar-refractivity contribution in [3.05, 3.63) is 18.9 Å². The number of nitrogens with zero attached hydrogens (tertiary/aromatic N) is 3. The molecule has 0 spiro atoms. The van der Waals surface area contributed by atoms with E-state index in [1.54, 1.807) is 19.4 Å². The molecule has 2 aromatic heterocycles. The Hall–Kier alpha value is -3.44. The van der Waals surface area contributed by atoms with Crippen LogP contribution in [0, 0.1) is 0 Å². The number of carbonyl (C=O) groups is 3. The second-order valence-electron chi connectivity index (χ2n) is 5.95. The molecular formula is C16H28N8O8. The van der Waals surface area contributed by atoms with Crippen molar-refractivity contribution in [2.75, 3.05) is 19.8 Å². The number of nitrogens with two attached hydrogens (primary N) is 1. The lowest BCUT2D eigenvalue weighted by Crippen LogP contribution is -2.48. The monoisotopic (exact) mass is 460 g/mol. The highest BCUT2D eigenvalue weighted by atomic mass is 16.3. The molecule has 0 aromatic carbocycles. The van der Waals surface area contributed by atoms with Crippen LogP contribution >= 0.6 is 0 Å². The number of fused-ring (bicyclic) bond motifs is 1. The van der Waals surface area contributed by atoms with Crippen molar-refractivity contribution in [1.82, 2.24) is 35.9 Å². The zero-order valence-electron chi connectivity index (χ0n) is 17.2. The number of urea groups is 2. The fourth-order valence-corrected chi connectivity index (χ4v) is 1.60. The molecule has 1 aliphatic rings. The van der Waals surface area contributed by atoms with Crippen molar-refractivity contribution in [2.45, 2.75) is 31.7 Å². The van der Waals surface area contributed by atoms with Crippen LogP contribution in [-0.4, -0.2) is 102 Å². The number of imide groups is 1. The van der Waals surface area contributed by atoms with Gasteiger partial charge in [-0.25, -0.2) is 24.5 Å². The van der Waals surface area contributed by atoms with Crippen molar-refractivity contribution in [2.24, 2.45) is 5.73 Å². The Balaban J connectivity index is 0.000000416. The van der Waals surface area contributed by atoms with Gasteiger partial charge in [-0.1, -0.05) is 0 Å². The van der Waals surface area contributed by atoms with Gasteiger partial charge in [-0.05, 0) is 13.3 Å². The Bertz CT molecular complexity index is 784. The molecule has 2 atom stereocenters. The van der Waals surface area contributed by atoms with Crippen molar-refractivity contribution >= 4 is 29.1 Å². The van der Waals surface area contributed by atoms with E-state index >= 15 is 0 Å². The first-order chi connectivity index (χ1) is 15.1. The van der Waals surface area contributed by atoms with Crippen LogP contribution in [0.15, 0.2) is 18.9 Å². The minimum absolute atomic E-state index is 0.0810. The van der Waals surface area contributed by atoms with Crippen molar-refractivity contribution in [1.29, 1.82) is 0 Å². The molecule has 1 aliphatic heterocycles. The van der Waals surface area contributed by atoms with Gasteiger partial charge in [0.1, 0.15) is 17.9 Å². The van der Waals surface area contributed by atoms with E-state index in [1.807, 2.05) is 10.6 Å². The zero-order valence-corrected chi connectivity index (χ0v) is 17.2. The second-order valence-corrected chi connectivity index (χ2v) is 5.95. The van der Waals surface area contributed by atoms with Gasteiger partial charge in [-0.2, -0.15) is 0 Å². The van der Waals surface area contributed by atoms with Crippen LogP contribution < -0.4 is 21.7 Å². The molecule has 1 saturated heterocycles. The molecule has 0 saturated carbocycles. The highest BCUT2D eigenvalue weighted by Gasteiger charge is 2.29. The number of aliphatic hydroxyl groups excluding tert-OH is 5. The van der Waals surface area contributed by atoms with Crippen molar-refractivity contribution < 1.29 is 39.9 Å². The summed E-state index contributed by atoms with van der Waals surface area (Å²) in [4.78, 5) is 45.7. The summed E-state index contributed by atoms with van der Waals surface area (Å²) in [7, 11) is 0. The molecule has 32 heavy (non-hydrogen) atoms. The Kier molecular flexibility index (Phi) is 14.5. The molecule has 0 aliphatic carbocycles. The number of aromatic amines is 1. The molecule has 3 heterocycles. The van der Waals surface area contributed by atoms with Crippen molar-refractivity contribution in [3.63, 3.8) is 0 Å². The lowest BCUT2D eigenvalue weighted by molar-refractivity contribution is -0.120. The molecule has 0 radical (unpaired) electrons. The maximum Gasteiger partial charge on any atom is 0.323 e. The number of rotatable bonds is 5. The second kappa shape index (κ2) is 16.3. The van der Waals surface area contributed by atoms with Crippen molar-refractivity contribution in [3.8, 4) is 0 Å². The highest BCUT2D eigenvalue weighted by Crippen LogP contribution is 1.99. The van der Waals surface area contributed by atoms with E-state index < -0.39 is 30.2 Å². The Morgan fingerprint density at radius 3 is 2.25 bits per heavy atom. The zero-order chi connectivity index (χ0) is 24.5. The van der Waals surface area contributed by atoms with E-state index in [9.17, 15) is 14.4 Å². The average molecular weight is 460 g/mol. The van der Waals surface area contributed by atoms with Gasteiger partial charge in [0, 0.05) is 6.61 Å². The van der Waals surface area contributed by atoms with Gasteiger partial charge in [0.15, 0.2) is 11.8 Å². The lowest BCUT2D eigenvalue weighted by atomic mass is 10.3. The number of carbonyl (C=O) groups excluding carboxylic acids is 3. The summed E-state index contributed by atoms with van der Waals surface area (Å²) in [6.07, 6.45) is 2.90. The molecule has 1 fully saturated rings. The van der Waals surface area contributed by atoms with Gasteiger partial charge in [0.25, 0.3) is 5.91 Å². The van der Waals surface area contributed by atoms with Crippen LogP contribution in [0.5, 0.6) is 0 Å². The Morgan fingerprint density at radius 2 is 1.88 bits per heavy atom.